The Balaban J connectivity index is 1.81. The number of carbonyl (C=O) groups is 1. The number of Topliss-reactive ketones (excluding diaryl/α,β-unsaturated/α-hetero) is 1. The van der Waals surface area contributed by atoms with Crippen LogP contribution in [0.4, 0.5) is 0 Å². The summed E-state index contributed by atoms with van der Waals surface area (Å²) in [4.78, 5) is 14.9. The van der Waals surface area contributed by atoms with Gasteiger partial charge in [-0.1, -0.05) is 24.4 Å². The molecule has 0 bridgehead atoms. The highest BCUT2D eigenvalue weighted by molar-refractivity contribution is 7.18. The first-order chi connectivity index (χ1) is 8.15. The van der Waals surface area contributed by atoms with E-state index < -0.39 is 0 Å². The Hall–Kier alpha value is -0.380. The molecule has 4 heteroatoms. The fourth-order valence-electron chi connectivity index (χ4n) is 2.49. The smallest absolute Gasteiger partial charge is 0.186 e. The van der Waals surface area contributed by atoms with Gasteiger partial charge in [0.1, 0.15) is 0 Å². The zero-order valence-corrected chi connectivity index (χ0v) is 11.7. The molecule has 0 saturated heterocycles. The average molecular weight is 272 g/mol. The van der Waals surface area contributed by atoms with Gasteiger partial charge in [0.2, 0.25) is 0 Å². The third kappa shape index (κ3) is 3.80. The van der Waals surface area contributed by atoms with Crippen molar-refractivity contribution in [3.8, 4) is 0 Å². The Kier molecular flexibility index (Phi) is 4.60. The Morgan fingerprint density at radius 3 is 2.76 bits per heavy atom. The minimum Gasteiger partial charge on any atom is -0.299 e. The number of hydrogen-bond acceptors (Lipinski definition) is 3. The first-order valence-electron chi connectivity index (χ1n) is 6.12. The molecule has 0 amide bonds. The normalized spacial score (nSPS) is 16.9. The first kappa shape index (κ1) is 13.1. The maximum Gasteiger partial charge on any atom is 0.186 e. The van der Waals surface area contributed by atoms with Gasteiger partial charge in [-0.25, -0.2) is 0 Å². The van der Waals surface area contributed by atoms with E-state index in [1.807, 2.05) is 13.1 Å². The molecule has 0 unspecified atom stereocenters. The summed E-state index contributed by atoms with van der Waals surface area (Å²) in [5.41, 5.74) is 0. The van der Waals surface area contributed by atoms with Crippen LogP contribution < -0.4 is 0 Å². The van der Waals surface area contributed by atoms with Crippen molar-refractivity contribution in [3.05, 3.63) is 21.3 Å². The van der Waals surface area contributed by atoms with Gasteiger partial charge < -0.3 is 0 Å². The van der Waals surface area contributed by atoms with E-state index in [2.05, 4.69) is 4.90 Å². The van der Waals surface area contributed by atoms with E-state index in [4.69, 9.17) is 11.6 Å². The lowest BCUT2D eigenvalue weighted by atomic mass is 10.1. The van der Waals surface area contributed by atoms with Gasteiger partial charge in [0.15, 0.2) is 5.78 Å². The predicted octanol–water partition coefficient (Wildman–Crippen LogP) is 3.71. The van der Waals surface area contributed by atoms with Crippen molar-refractivity contribution in [1.29, 1.82) is 0 Å². The van der Waals surface area contributed by atoms with Gasteiger partial charge in [-0.05, 0) is 37.9 Å². The molecule has 17 heavy (non-hydrogen) atoms. The lowest BCUT2D eigenvalue weighted by Gasteiger charge is -2.19. The second-order valence-corrected chi connectivity index (χ2v) is 6.59. The van der Waals surface area contributed by atoms with Crippen LogP contribution in [0, 0.1) is 5.92 Å². The molecule has 1 aromatic rings. The zero-order valence-electron chi connectivity index (χ0n) is 10.1. The van der Waals surface area contributed by atoms with E-state index in [1.54, 1.807) is 6.07 Å². The standard InChI is InChI=1S/C13H18ClNOS/c1-15(8-10-4-2-3-5-10)9-11(16)12-6-7-13(14)17-12/h6-7,10H,2-5,8-9H2,1H3. The highest BCUT2D eigenvalue weighted by Crippen LogP contribution is 2.25. The summed E-state index contributed by atoms with van der Waals surface area (Å²) >= 11 is 7.20. The Morgan fingerprint density at radius 2 is 2.18 bits per heavy atom. The third-order valence-corrected chi connectivity index (χ3v) is 4.58. The average Bonchev–Trinajstić information content (AvgIpc) is 2.89. The Bertz CT molecular complexity index is 385. The summed E-state index contributed by atoms with van der Waals surface area (Å²) in [5.74, 6) is 0.974. The summed E-state index contributed by atoms with van der Waals surface area (Å²) in [6.45, 7) is 1.55. The van der Waals surface area contributed by atoms with Crippen LogP contribution in [0.5, 0.6) is 0 Å². The van der Waals surface area contributed by atoms with E-state index in [0.717, 1.165) is 17.3 Å². The highest BCUT2D eigenvalue weighted by atomic mass is 35.5. The van der Waals surface area contributed by atoms with Crippen LogP contribution in [-0.4, -0.2) is 30.8 Å². The number of carbonyl (C=O) groups excluding carboxylic acids is 1. The number of nitrogens with zero attached hydrogens (tertiary/aromatic N) is 1. The molecule has 1 fully saturated rings. The SMILES string of the molecule is CN(CC(=O)c1ccc(Cl)s1)CC1CCCC1. The van der Waals surface area contributed by atoms with E-state index in [9.17, 15) is 4.79 Å². The minimum atomic E-state index is 0.183. The molecule has 2 rings (SSSR count). The van der Waals surface area contributed by atoms with Crippen molar-refractivity contribution < 1.29 is 4.79 Å². The number of hydrogen-bond donors (Lipinski definition) is 0. The second kappa shape index (κ2) is 5.98. The molecular weight excluding hydrogens is 254 g/mol. The predicted molar refractivity (Wildman–Crippen MR) is 73.1 cm³/mol. The number of halogens is 1. The molecule has 2 nitrogen and oxygen atoms in total. The van der Waals surface area contributed by atoms with E-state index in [0.29, 0.717) is 10.9 Å². The molecule has 0 spiro atoms. The van der Waals surface area contributed by atoms with Crippen LogP contribution in [0.25, 0.3) is 0 Å². The molecule has 0 aromatic carbocycles. The largest absolute Gasteiger partial charge is 0.299 e. The van der Waals surface area contributed by atoms with E-state index in [1.165, 1.54) is 37.0 Å². The fourth-order valence-corrected chi connectivity index (χ4v) is 3.46. The number of rotatable bonds is 5. The van der Waals surface area contributed by atoms with Gasteiger partial charge in [-0.3, -0.25) is 9.69 Å². The molecule has 1 aliphatic carbocycles. The quantitative estimate of drug-likeness (QED) is 0.761. The van der Waals surface area contributed by atoms with Crippen molar-refractivity contribution in [2.45, 2.75) is 25.7 Å². The van der Waals surface area contributed by atoms with Crippen LogP contribution in [0.15, 0.2) is 12.1 Å². The van der Waals surface area contributed by atoms with E-state index in [-0.39, 0.29) is 5.78 Å². The number of thiophene rings is 1. The van der Waals surface area contributed by atoms with Crippen molar-refractivity contribution >= 4 is 28.7 Å². The van der Waals surface area contributed by atoms with Crippen molar-refractivity contribution in [2.24, 2.45) is 5.92 Å². The third-order valence-electron chi connectivity index (χ3n) is 3.31. The lowest BCUT2D eigenvalue weighted by molar-refractivity contribution is 0.0942. The molecule has 1 saturated carbocycles. The highest BCUT2D eigenvalue weighted by Gasteiger charge is 2.18. The summed E-state index contributed by atoms with van der Waals surface area (Å²) < 4.78 is 0.687. The van der Waals surface area contributed by atoms with Crippen LogP contribution in [0.3, 0.4) is 0 Å². The van der Waals surface area contributed by atoms with Gasteiger partial charge in [-0.15, -0.1) is 11.3 Å². The molecule has 1 heterocycles. The summed E-state index contributed by atoms with van der Waals surface area (Å²) in [6.07, 6.45) is 5.35. The first-order valence-corrected chi connectivity index (χ1v) is 7.31. The van der Waals surface area contributed by atoms with Crippen molar-refractivity contribution in [3.63, 3.8) is 0 Å². The molecule has 1 aromatic heterocycles. The van der Waals surface area contributed by atoms with E-state index >= 15 is 0 Å². The second-order valence-electron chi connectivity index (χ2n) is 4.87. The maximum atomic E-state index is 12.0. The Morgan fingerprint density at radius 1 is 1.47 bits per heavy atom. The Labute approximate surface area is 112 Å². The fraction of sp³-hybridized carbons (Fsp3) is 0.615. The molecule has 0 atom stereocenters. The van der Waals surface area contributed by atoms with Crippen LogP contribution in [0.1, 0.15) is 35.4 Å². The summed E-state index contributed by atoms with van der Waals surface area (Å²) in [7, 11) is 2.03. The van der Waals surface area contributed by atoms with Gasteiger partial charge in [0.25, 0.3) is 0 Å². The molecule has 1 aliphatic rings. The monoisotopic (exact) mass is 271 g/mol. The molecule has 94 valence electrons. The lowest BCUT2D eigenvalue weighted by Crippen LogP contribution is -2.29. The minimum absolute atomic E-state index is 0.183. The maximum absolute atomic E-state index is 12.0. The van der Waals surface area contributed by atoms with Gasteiger partial charge in [-0.2, -0.15) is 0 Å². The summed E-state index contributed by atoms with van der Waals surface area (Å²) in [5, 5.41) is 0. The van der Waals surface area contributed by atoms with Gasteiger partial charge in [0.05, 0.1) is 15.8 Å². The van der Waals surface area contributed by atoms with Gasteiger partial charge in [0, 0.05) is 6.54 Å². The number of ketones is 1. The molecule has 0 radical (unpaired) electrons. The number of likely N-dealkylation sites (N-methyl/N-ethyl adjacent to an activating group) is 1. The van der Waals surface area contributed by atoms with Crippen molar-refractivity contribution in [2.75, 3.05) is 20.1 Å². The molecule has 0 N–H and O–H groups in total. The van der Waals surface area contributed by atoms with Crippen molar-refractivity contribution in [1.82, 2.24) is 4.90 Å². The van der Waals surface area contributed by atoms with Crippen LogP contribution in [0.2, 0.25) is 4.34 Å². The van der Waals surface area contributed by atoms with Gasteiger partial charge >= 0.3 is 0 Å². The topological polar surface area (TPSA) is 20.3 Å². The zero-order chi connectivity index (χ0) is 12.3. The molecule has 0 aliphatic heterocycles. The summed E-state index contributed by atoms with van der Waals surface area (Å²) in [6, 6.07) is 3.61. The van der Waals surface area contributed by atoms with Crippen LogP contribution >= 0.6 is 22.9 Å². The molecular formula is C13H18ClNOS. The van der Waals surface area contributed by atoms with Crippen LogP contribution in [-0.2, 0) is 0 Å².